The molecule has 0 heterocycles. The van der Waals surface area contributed by atoms with E-state index in [2.05, 4.69) is 5.32 Å². The van der Waals surface area contributed by atoms with E-state index in [1.54, 1.807) is 14.0 Å². The van der Waals surface area contributed by atoms with E-state index in [-0.39, 0.29) is 26.2 Å². The van der Waals surface area contributed by atoms with Gasteiger partial charge in [0.05, 0.1) is 0 Å². The summed E-state index contributed by atoms with van der Waals surface area (Å²) in [5.74, 6) is 0. The number of hydrogen-bond donors (Lipinski definition) is 1. The molecule has 61 valence electrons. The Kier molecular flexibility index (Phi) is 74.4. The summed E-state index contributed by atoms with van der Waals surface area (Å²) < 4.78 is 0. The topological polar surface area (TPSA) is 81.2 Å². The molecule has 10 heavy (non-hydrogen) atoms. The van der Waals surface area contributed by atoms with E-state index in [1.807, 2.05) is 0 Å². The molecule has 1 unspecified atom stereocenters. The van der Waals surface area contributed by atoms with E-state index in [4.69, 9.17) is 10.2 Å². The zero-order valence-corrected chi connectivity index (χ0v) is 9.26. The van der Waals surface area contributed by atoms with Crippen LogP contribution in [0.25, 0.3) is 0 Å². The first kappa shape index (κ1) is 22.4. The van der Waals surface area contributed by atoms with E-state index in [9.17, 15) is 5.11 Å². The van der Waals surface area contributed by atoms with Gasteiger partial charge in [-0.15, -0.1) is 0 Å². The second-order valence-electron chi connectivity index (χ2n) is 0.931. The third kappa shape index (κ3) is 70.2. The minimum absolute atomic E-state index is 0. The molecule has 0 amide bonds. The van der Waals surface area contributed by atoms with Crippen LogP contribution in [0.4, 0.5) is 0 Å². The predicted octanol–water partition coefficient (Wildman–Crippen LogP) is -3.14. The van der Waals surface area contributed by atoms with Crippen LogP contribution < -0.4 is 20.6 Å². The first-order valence-corrected chi connectivity index (χ1v) is 2.42. The van der Waals surface area contributed by atoms with Gasteiger partial charge >= 0.3 is 26.2 Å². The molecule has 0 aromatic carbocycles. The van der Waals surface area contributed by atoms with Gasteiger partial charge in [0, 0.05) is 0 Å². The molecule has 1 N–H and O–H groups in total. The summed E-state index contributed by atoms with van der Waals surface area (Å²) >= 11 is 0. The molecule has 0 rings (SSSR count). The summed E-state index contributed by atoms with van der Waals surface area (Å²) in [5.41, 5.74) is 0. The normalized spacial score (nSPS) is 8.70. The van der Waals surface area contributed by atoms with Crippen LogP contribution in [0.2, 0.25) is 0 Å². The first-order chi connectivity index (χ1) is 4.27. The van der Waals surface area contributed by atoms with Crippen molar-refractivity contribution in [1.82, 2.24) is 5.32 Å². The number of hydrogen-bond acceptors (Lipinski definition) is 4. The van der Waals surface area contributed by atoms with E-state index in [0.717, 1.165) is 14.2 Å². The van der Waals surface area contributed by atoms with Gasteiger partial charge in [-0.3, -0.25) is 0 Å². The molecular formula is C5H14NO3Zr. The quantitative estimate of drug-likeness (QED) is 0.480. The largest absolute Gasteiger partial charge is 3.00 e. The third-order valence-corrected chi connectivity index (χ3v) is 0.407. The van der Waals surface area contributed by atoms with Crippen molar-refractivity contribution in [1.29, 1.82) is 0 Å². The molecule has 0 aliphatic rings. The maximum atomic E-state index is 9.78. The van der Waals surface area contributed by atoms with Gasteiger partial charge in [0.25, 0.3) is 0 Å². The van der Waals surface area contributed by atoms with Crippen molar-refractivity contribution < 1.29 is 41.5 Å². The van der Waals surface area contributed by atoms with Gasteiger partial charge in [0.2, 0.25) is 0 Å². The van der Waals surface area contributed by atoms with Crippen LogP contribution >= 0.6 is 0 Å². The van der Waals surface area contributed by atoms with Crippen LogP contribution in [0, 0.1) is 0 Å². The van der Waals surface area contributed by atoms with Gasteiger partial charge in [-0.05, 0) is 7.05 Å². The molecule has 1 radical (unpaired) electrons. The van der Waals surface area contributed by atoms with Crippen molar-refractivity contribution in [2.24, 2.45) is 0 Å². The Balaban J connectivity index is -0.0000000315. The van der Waals surface area contributed by atoms with Crippen molar-refractivity contribution in [3.05, 3.63) is 0 Å². The number of rotatable bonds is 1. The Morgan fingerprint density at radius 1 is 1.10 bits per heavy atom. The predicted molar refractivity (Wildman–Crippen MR) is 30.4 cm³/mol. The summed E-state index contributed by atoms with van der Waals surface area (Å²) in [4.78, 5) is 0. The van der Waals surface area contributed by atoms with Crippen molar-refractivity contribution >= 4 is 0 Å². The molecule has 4 nitrogen and oxygen atoms in total. The average Bonchev–Trinajstić information content (AvgIpc) is 1.97. The zero-order chi connectivity index (χ0) is 8.28. The fourth-order valence-corrected chi connectivity index (χ4v) is 0. The monoisotopic (exact) mass is 226 g/mol. The molecule has 0 aromatic rings. The Hall–Kier alpha value is 0.723. The second kappa shape index (κ2) is 33.2. The third-order valence-electron chi connectivity index (χ3n) is 0.407. The van der Waals surface area contributed by atoms with Crippen LogP contribution in [0.3, 0.4) is 0 Å². The fraction of sp³-hybridized carbons (Fsp3) is 1.00. The molecule has 1 atom stereocenters. The Labute approximate surface area is 81.4 Å². The Morgan fingerprint density at radius 3 is 1.20 bits per heavy atom. The van der Waals surface area contributed by atoms with Gasteiger partial charge in [0.1, 0.15) is 0 Å². The van der Waals surface area contributed by atoms with Gasteiger partial charge in [0.15, 0.2) is 0 Å². The molecule has 0 spiro atoms. The van der Waals surface area contributed by atoms with E-state index in [0.29, 0.717) is 0 Å². The zero-order valence-electron chi connectivity index (χ0n) is 6.80. The van der Waals surface area contributed by atoms with Crippen molar-refractivity contribution in [2.75, 3.05) is 21.3 Å². The molecule has 0 aliphatic heterocycles. The summed E-state index contributed by atoms with van der Waals surface area (Å²) in [6, 6.07) is 0. The van der Waals surface area contributed by atoms with Crippen molar-refractivity contribution in [3.8, 4) is 0 Å². The molecule has 0 fully saturated rings. The molecular weight excluding hydrogens is 213 g/mol. The second-order valence-corrected chi connectivity index (χ2v) is 0.931. The molecule has 0 saturated heterocycles. The summed E-state index contributed by atoms with van der Waals surface area (Å²) in [7, 11) is 3.14. The Morgan fingerprint density at radius 2 is 1.20 bits per heavy atom. The van der Waals surface area contributed by atoms with E-state index < -0.39 is 6.23 Å². The van der Waals surface area contributed by atoms with E-state index in [1.165, 1.54) is 0 Å². The van der Waals surface area contributed by atoms with Gasteiger partial charge < -0.3 is 20.6 Å². The van der Waals surface area contributed by atoms with Crippen LogP contribution in [-0.4, -0.2) is 27.5 Å². The standard InChI is InChI=1S/C3H8NO.2CH3O.Zr/c1-3(5)4-2;2*1-2;/h3-4H,1-2H3;2*1H3;/q3*-1;+3. The smallest absolute Gasteiger partial charge is 0.857 e. The van der Waals surface area contributed by atoms with Gasteiger partial charge in [-0.25, -0.2) is 0 Å². The van der Waals surface area contributed by atoms with Crippen LogP contribution in [0.1, 0.15) is 6.92 Å². The molecule has 0 aromatic heterocycles. The van der Waals surface area contributed by atoms with Gasteiger partial charge in [-0.2, -0.15) is 14.2 Å². The van der Waals surface area contributed by atoms with E-state index >= 15 is 0 Å². The Bertz CT molecular complexity index is 30.9. The minimum atomic E-state index is -0.616. The molecule has 0 bridgehead atoms. The SMILES string of the molecule is CNC(C)[O-].C[O-].C[O-].[Zr+3]. The first-order valence-electron chi connectivity index (χ1n) is 2.42. The van der Waals surface area contributed by atoms with Crippen LogP contribution in [-0.2, 0) is 26.2 Å². The summed E-state index contributed by atoms with van der Waals surface area (Å²) in [6.07, 6.45) is -0.616. The maximum absolute atomic E-state index is 9.78. The van der Waals surface area contributed by atoms with Crippen LogP contribution in [0.5, 0.6) is 0 Å². The maximum Gasteiger partial charge on any atom is 3.00 e. The molecule has 0 aliphatic carbocycles. The van der Waals surface area contributed by atoms with Gasteiger partial charge in [-0.1, -0.05) is 13.2 Å². The minimum Gasteiger partial charge on any atom is -0.857 e. The molecule has 0 saturated carbocycles. The summed E-state index contributed by atoms with van der Waals surface area (Å²) in [5, 5.41) is 28.8. The number of nitrogens with one attached hydrogen (secondary N) is 1. The summed E-state index contributed by atoms with van der Waals surface area (Å²) in [6.45, 7) is 1.56. The van der Waals surface area contributed by atoms with Crippen LogP contribution in [0.15, 0.2) is 0 Å². The fourth-order valence-electron chi connectivity index (χ4n) is 0. The van der Waals surface area contributed by atoms with Crippen molar-refractivity contribution in [3.63, 3.8) is 0 Å². The van der Waals surface area contributed by atoms with Crippen molar-refractivity contribution in [2.45, 2.75) is 13.2 Å². The molecule has 5 heteroatoms. The average molecular weight is 227 g/mol.